The van der Waals surface area contributed by atoms with Crippen molar-refractivity contribution >= 4 is 11.8 Å². The molecule has 0 aliphatic heterocycles. The third-order valence-electron chi connectivity index (χ3n) is 2.15. The first-order valence-corrected chi connectivity index (χ1v) is 5.02. The first-order valence-electron chi connectivity index (χ1n) is 5.02. The summed E-state index contributed by atoms with van der Waals surface area (Å²) in [7, 11) is 1.50. The molecule has 0 amide bonds. The van der Waals surface area contributed by atoms with Gasteiger partial charge in [0.1, 0.15) is 17.9 Å². The summed E-state index contributed by atoms with van der Waals surface area (Å²) in [5, 5.41) is 20.6. The Morgan fingerprint density at radius 2 is 2.53 bits per heavy atom. The van der Waals surface area contributed by atoms with Crippen molar-refractivity contribution in [3.05, 3.63) is 23.9 Å². The quantitative estimate of drug-likeness (QED) is 0.759. The largest absolute Gasteiger partial charge is 0.480 e. The van der Waals surface area contributed by atoms with E-state index in [2.05, 4.69) is 10.3 Å². The van der Waals surface area contributed by atoms with Gasteiger partial charge in [0.15, 0.2) is 0 Å². The molecule has 1 unspecified atom stereocenters. The minimum atomic E-state index is -1.00. The third kappa shape index (κ3) is 3.74. The van der Waals surface area contributed by atoms with Gasteiger partial charge < -0.3 is 15.2 Å². The minimum Gasteiger partial charge on any atom is -0.480 e. The molecular weight excluding hydrogens is 222 g/mol. The molecule has 1 aromatic rings. The second-order valence-corrected chi connectivity index (χ2v) is 3.33. The fourth-order valence-electron chi connectivity index (χ4n) is 1.27. The number of carboxylic acid groups (broad SMARTS) is 1. The average Bonchev–Trinajstić information content (AvgIpc) is 2.34. The number of hydrogen-bond acceptors (Lipinski definition) is 5. The van der Waals surface area contributed by atoms with E-state index in [-0.39, 0.29) is 5.82 Å². The maximum atomic E-state index is 11.0. The van der Waals surface area contributed by atoms with Gasteiger partial charge in [-0.3, -0.25) is 0 Å². The van der Waals surface area contributed by atoms with Crippen molar-refractivity contribution in [1.29, 1.82) is 5.26 Å². The molecule has 1 aromatic heterocycles. The van der Waals surface area contributed by atoms with Gasteiger partial charge in [0, 0.05) is 26.3 Å². The molecule has 0 aliphatic carbocycles. The van der Waals surface area contributed by atoms with E-state index >= 15 is 0 Å². The highest BCUT2D eigenvalue weighted by atomic mass is 16.5. The summed E-state index contributed by atoms with van der Waals surface area (Å²) >= 11 is 0. The van der Waals surface area contributed by atoms with Crippen LogP contribution in [0, 0.1) is 11.3 Å². The Balaban J connectivity index is 2.79. The van der Waals surface area contributed by atoms with Gasteiger partial charge in [-0.2, -0.15) is 5.26 Å². The van der Waals surface area contributed by atoms with Crippen LogP contribution in [0.5, 0.6) is 0 Å². The number of pyridine rings is 1. The van der Waals surface area contributed by atoms with E-state index < -0.39 is 12.0 Å². The van der Waals surface area contributed by atoms with Crippen molar-refractivity contribution in [1.82, 2.24) is 4.98 Å². The van der Waals surface area contributed by atoms with Crippen LogP contribution in [0.1, 0.15) is 12.0 Å². The summed E-state index contributed by atoms with van der Waals surface area (Å²) in [5.74, 6) is -0.727. The second-order valence-electron chi connectivity index (χ2n) is 3.33. The molecule has 6 nitrogen and oxygen atoms in total. The normalized spacial score (nSPS) is 11.5. The van der Waals surface area contributed by atoms with Crippen molar-refractivity contribution < 1.29 is 14.6 Å². The molecule has 0 saturated heterocycles. The molecule has 2 N–H and O–H groups in total. The summed E-state index contributed by atoms with van der Waals surface area (Å²) in [5.41, 5.74) is 0.316. The molecule has 17 heavy (non-hydrogen) atoms. The van der Waals surface area contributed by atoms with E-state index in [4.69, 9.17) is 15.1 Å². The number of aliphatic carboxylic acids is 1. The average molecular weight is 235 g/mol. The van der Waals surface area contributed by atoms with E-state index in [1.165, 1.54) is 13.3 Å². The molecule has 1 heterocycles. The Hall–Kier alpha value is -2.13. The zero-order valence-electron chi connectivity index (χ0n) is 9.38. The van der Waals surface area contributed by atoms with Gasteiger partial charge in [-0.25, -0.2) is 9.78 Å². The fourth-order valence-corrected chi connectivity index (χ4v) is 1.27. The lowest BCUT2D eigenvalue weighted by atomic mass is 10.2. The maximum Gasteiger partial charge on any atom is 0.326 e. The van der Waals surface area contributed by atoms with Crippen LogP contribution in [0.2, 0.25) is 0 Å². The van der Waals surface area contributed by atoms with Crippen molar-refractivity contribution in [2.75, 3.05) is 19.0 Å². The van der Waals surface area contributed by atoms with E-state index in [1.807, 2.05) is 6.07 Å². The van der Waals surface area contributed by atoms with E-state index in [0.717, 1.165) is 0 Å². The van der Waals surface area contributed by atoms with E-state index in [9.17, 15) is 4.79 Å². The molecule has 0 bridgehead atoms. The lowest BCUT2D eigenvalue weighted by molar-refractivity contribution is -0.138. The zero-order valence-corrected chi connectivity index (χ0v) is 9.38. The maximum absolute atomic E-state index is 11.0. The highest BCUT2D eigenvalue weighted by Gasteiger charge is 2.18. The summed E-state index contributed by atoms with van der Waals surface area (Å²) < 4.78 is 4.83. The van der Waals surface area contributed by atoms with Crippen LogP contribution < -0.4 is 5.32 Å². The SMILES string of the molecule is COCCC(Nc1ncccc1C#N)C(=O)O. The van der Waals surface area contributed by atoms with Crippen LogP contribution in [-0.4, -0.2) is 35.8 Å². The Kier molecular flexibility index (Phi) is 4.91. The molecule has 0 saturated carbocycles. The molecule has 0 aromatic carbocycles. The van der Waals surface area contributed by atoms with Crippen molar-refractivity contribution in [3.63, 3.8) is 0 Å². The van der Waals surface area contributed by atoms with Crippen LogP contribution in [-0.2, 0) is 9.53 Å². The van der Waals surface area contributed by atoms with Gasteiger partial charge in [-0.15, -0.1) is 0 Å². The number of nitrogens with zero attached hydrogens (tertiary/aromatic N) is 2. The standard InChI is InChI=1S/C11H13N3O3/c1-17-6-4-9(11(15)16)14-10-8(7-12)3-2-5-13-10/h2-3,5,9H,4,6H2,1H3,(H,13,14)(H,15,16). The summed E-state index contributed by atoms with van der Waals surface area (Å²) in [6.07, 6.45) is 1.80. The van der Waals surface area contributed by atoms with E-state index in [0.29, 0.717) is 18.6 Å². The van der Waals surface area contributed by atoms with Crippen LogP contribution in [0.25, 0.3) is 0 Å². The van der Waals surface area contributed by atoms with Crippen LogP contribution in [0.3, 0.4) is 0 Å². The van der Waals surface area contributed by atoms with Crippen LogP contribution in [0.15, 0.2) is 18.3 Å². The first-order chi connectivity index (χ1) is 8.19. The Bertz CT molecular complexity index is 428. The molecule has 0 fully saturated rings. The highest BCUT2D eigenvalue weighted by Crippen LogP contribution is 2.12. The van der Waals surface area contributed by atoms with Crippen LogP contribution >= 0.6 is 0 Å². The number of rotatable bonds is 6. The van der Waals surface area contributed by atoms with Gasteiger partial charge in [0.05, 0.1) is 5.56 Å². The second kappa shape index (κ2) is 6.45. The summed E-state index contributed by atoms with van der Waals surface area (Å²) in [6.45, 7) is 0.318. The number of hydrogen-bond donors (Lipinski definition) is 2. The monoisotopic (exact) mass is 235 g/mol. The number of carboxylic acids is 1. The molecule has 0 radical (unpaired) electrons. The zero-order chi connectivity index (χ0) is 12.7. The van der Waals surface area contributed by atoms with Gasteiger partial charge >= 0.3 is 5.97 Å². The minimum absolute atomic E-state index is 0.276. The van der Waals surface area contributed by atoms with Gasteiger partial charge in [0.25, 0.3) is 0 Å². The van der Waals surface area contributed by atoms with E-state index in [1.54, 1.807) is 12.1 Å². The molecule has 0 aliphatic rings. The van der Waals surface area contributed by atoms with Crippen LogP contribution in [0.4, 0.5) is 5.82 Å². The number of methoxy groups -OCH3 is 1. The summed E-state index contributed by atoms with van der Waals surface area (Å²) in [4.78, 5) is 14.9. The van der Waals surface area contributed by atoms with Crippen molar-refractivity contribution in [3.8, 4) is 6.07 Å². The Morgan fingerprint density at radius 1 is 1.76 bits per heavy atom. The number of aromatic nitrogens is 1. The molecule has 0 spiro atoms. The molecule has 6 heteroatoms. The van der Waals surface area contributed by atoms with Gasteiger partial charge in [-0.1, -0.05) is 0 Å². The lowest BCUT2D eigenvalue weighted by Gasteiger charge is -2.15. The predicted molar refractivity (Wildman–Crippen MR) is 60.5 cm³/mol. The summed E-state index contributed by atoms with van der Waals surface area (Å²) in [6, 6.07) is 4.32. The van der Waals surface area contributed by atoms with Gasteiger partial charge in [0.2, 0.25) is 0 Å². The number of ether oxygens (including phenoxy) is 1. The predicted octanol–water partition coefficient (Wildman–Crippen LogP) is 0.855. The number of nitriles is 1. The van der Waals surface area contributed by atoms with Crippen molar-refractivity contribution in [2.45, 2.75) is 12.5 Å². The molecule has 90 valence electrons. The topological polar surface area (TPSA) is 95.2 Å². The Labute approximate surface area is 98.9 Å². The lowest BCUT2D eigenvalue weighted by Crippen LogP contribution is -2.31. The highest BCUT2D eigenvalue weighted by molar-refractivity contribution is 5.77. The Morgan fingerprint density at radius 3 is 3.12 bits per heavy atom. The molecule has 1 atom stereocenters. The smallest absolute Gasteiger partial charge is 0.326 e. The fraction of sp³-hybridized carbons (Fsp3) is 0.364. The number of anilines is 1. The third-order valence-corrected chi connectivity index (χ3v) is 2.15. The number of carbonyl (C=O) groups is 1. The first kappa shape index (κ1) is 12.9. The number of nitrogens with one attached hydrogen (secondary N) is 1. The molecular formula is C11H13N3O3. The molecule has 1 rings (SSSR count). The van der Waals surface area contributed by atoms with Crippen molar-refractivity contribution in [2.24, 2.45) is 0 Å². The van der Waals surface area contributed by atoms with Gasteiger partial charge in [-0.05, 0) is 12.1 Å².